The highest BCUT2D eigenvalue weighted by molar-refractivity contribution is 6.05. The van der Waals surface area contributed by atoms with Crippen LogP contribution in [0.2, 0.25) is 0 Å². The molecular weight excluding hydrogens is 326 g/mol. The molecule has 0 saturated heterocycles. The SMILES string of the molecule is Cc1ccc(C(=O)Nc2ccccc2OC(F)F)cc1-n1cccc1. The lowest BCUT2D eigenvalue weighted by molar-refractivity contribution is -0.0493. The van der Waals surface area contributed by atoms with Gasteiger partial charge in [0.15, 0.2) is 0 Å². The molecule has 2 aromatic carbocycles. The number of ether oxygens (including phenoxy) is 1. The van der Waals surface area contributed by atoms with Gasteiger partial charge in [-0.15, -0.1) is 0 Å². The molecule has 0 unspecified atom stereocenters. The number of carbonyl (C=O) groups excluding carboxylic acids is 1. The molecule has 0 spiro atoms. The molecule has 25 heavy (non-hydrogen) atoms. The minimum atomic E-state index is -2.96. The molecule has 1 heterocycles. The van der Waals surface area contributed by atoms with E-state index < -0.39 is 12.5 Å². The fourth-order valence-corrected chi connectivity index (χ4v) is 2.49. The molecule has 3 rings (SSSR count). The lowest BCUT2D eigenvalue weighted by Gasteiger charge is -2.13. The van der Waals surface area contributed by atoms with Crippen LogP contribution in [0.25, 0.3) is 5.69 Å². The number of rotatable bonds is 5. The lowest BCUT2D eigenvalue weighted by atomic mass is 10.1. The van der Waals surface area contributed by atoms with E-state index in [-0.39, 0.29) is 11.4 Å². The number of amides is 1. The van der Waals surface area contributed by atoms with Crippen molar-refractivity contribution in [1.29, 1.82) is 0 Å². The molecule has 128 valence electrons. The monoisotopic (exact) mass is 342 g/mol. The highest BCUT2D eigenvalue weighted by Crippen LogP contribution is 2.26. The van der Waals surface area contributed by atoms with Crippen LogP contribution < -0.4 is 10.1 Å². The summed E-state index contributed by atoms with van der Waals surface area (Å²) in [5.74, 6) is -0.484. The third-order valence-corrected chi connectivity index (χ3v) is 3.71. The fraction of sp³-hybridized carbons (Fsp3) is 0.105. The molecule has 0 saturated carbocycles. The van der Waals surface area contributed by atoms with Crippen molar-refractivity contribution in [3.8, 4) is 11.4 Å². The Morgan fingerprint density at radius 3 is 2.52 bits per heavy atom. The number of aromatic nitrogens is 1. The smallest absolute Gasteiger partial charge is 0.387 e. The van der Waals surface area contributed by atoms with Gasteiger partial charge in [-0.1, -0.05) is 18.2 Å². The summed E-state index contributed by atoms with van der Waals surface area (Å²) in [5, 5.41) is 2.62. The first kappa shape index (κ1) is 16.7. The Morgan fingerprint density at radius 1 is 1.08 bits per heavy atom. The number of aryl methyl sites for hydroxylation is 1. The van der Waals surface area contributed by atoms with Crippen molar-refractivity contribution in [2.24, 2.45) is 0 Å². The fourth-order valence-electron chi connectivity index (χ4n) is 2.49. The maximum Gasteiger partial charge on any atom is 0.387 e. The number of para-hydroxylation sites is 2. The highest BCUT2D eigenvalue weighted by Gasteiger charge is 2.14. The third-order valence-electron chi connectivity index (χ3n) is 3.71. The molecule has 0 aliphatic heterocycles. The standard InChI is InChI=1S/C19H16F2N2O2/c1-13-8-9-14(12-16(13)23-10-4-5-11-23)18(24)22-15-6-2-3-7-17(15)25-19(20)21/h2-12,19H,1H3,(H,22,24). The molecule has 1 aromatic heterocycles. The number of nitrogens with zero attached hydrogens (tertiary/aromatic N) is 1. The number of hydrogen-bond acceptors (Lipinski definition) is 2. The van der Waals surface area contributed by atoms with E-state index in [9.17, 15) is 13.6 Å². The van der Waals surface area contributed by atoms with Crippen LogP contribution in [0.1, 0.15) is 15.9 Å². The predicted octanol–water partition coefficient (Wildman–Crippen LogP) is 4.64. The van der Waals surface area contributed by atoms with Crippen molar-refractivity contribution < 1.29 is 18.3 Å². The molecule has 0 aliphatic rings. The number of anilines is 1. The molecule has 6 heteroatoms. The van der Waals surface area contributed by atoms with Crippen LogP contribution in [0.5, 0.6) is 5.75 Å². The van der Waals surface area contributed by atoms with Gasteiger partial charge in [-0.05, 0) is 48.9 Å². The van der Waals surface area contributed by atoms with Crippen LogP contribution in [0.4, 0.5) is 14.5 Å². The Kier molecular flexibility index (Phi) is 4.79. The number of hydrogen-bond donors (Lipinski definition) is 1. The average molecular weight is 342 g/mol. The number of alkyl halides is 2. The summed E-state index contributed by atoms with van der Waals surface area (Å²) >= 11 is 0. The minimum Gasteiger partial charge on any atom is -0.433 e. The summed E-state index contributed by atoms with van der Waals surface area (Å²) in [6.07, 6.45) is 3.77. The first-order chi connectivity index (χ1) is 12.0. The second kappa shape index (κ2) is 7.17. The summed E-state index contributed by atoms with van der Waals surface area (Å²) in [6, 6.07) is 15.1. The van der Waals surface area contributed by atoms with Gasteiger partial charge in [0, 0.05) is 23.6 Å². The lowest BCUT2D eigenvalue weighted by Crippen LogP contribution is -2.14. The molecule has 0 bridgehead atoms. The van der Waals surface area contributed by atoms with Crippen molar-refractivity contribution in [3.63, 3.8) is 0 Å². The van der Waals surface area contributed by atoms with Gasteiger partial charge >= 0.3 is 6.61 Å². The topological polar surface area (TPSA) is 43.3 Å². The largest absolute Gasteiger partial charge is 0.433 e. The van der Waals surface area contributed by atoms with E-state index in [1.165, 1.54) is 12.1 Å². The first-order valence-corrected chi connectivity index (χ1v) is 7.64. The van der Waals surface area contributed by atoms with E-state index in [4.69, 9.17) is 0 Å². The zero-order valence-electron chi connectivity index (χ0n) is 13.4. The summed E-state index contributed by atoms with van der Waals surface area (Å²) < 4.78 is 31.3. The van der Waals surface area contributed by atoms with Crippen LogP contribution in [0.15, 0.2) is 67.0 Å². The van der Waals surface area contributed by atoms with Gasteiger partial charge in [-0.2, -0.15) is 8.78 Å². The Labute approximate surface area is 143 Å². The maximum atomic E-state index is 12.5. The van der Waals surface area contributed by atoms with E-state index in [2.05, 4.69) is 10.1 Å². The van der Waals surface area contributed by atoms with Gasteiger partial charge in [0.25, 0.3) is 5.91 Å². The minimum absolute atomic E-state index is 0.0800. The van der Waals surface area contributed by atoms with Gasteiger partial charge in [-0.25, -0.2) is 0 Å². The molecule has 3 aromatic rings. The summed E-state index contributed by atoms with van der Waals surface area (Å²) in [5.41, 5.74) is 2.49. The zero-order valence-corrected chi connectivity index (χ0v) is 13.4. The number of halogens is 2. The maximum absolute atomic E-state index is 12.5. The molecule has 4 nitrogen and oxygen atoms in total. The third kappa shape index (κ3) is 3.85. The predicted molar refractivity (Wildman–Crippen MR) is 91.5 cm³/mol. The van der Waals surface area contributed by atoms with Crippen LogP contribution in [0.3, 0.4) is 0 Å². The Morgan fingerprint density at radius 2 is 1.80 bits per heavy atom. The normalized spacial score (nSPS) is 10.7. The van der Waals surface area contributed by atoms with Crippen LogP contribution in [-0.2, 0) is 0 Å². The van der Waals surface area contributed by atoms with Crippen LogP contribution in [-0.4, -0.2) is 17.1 Å². The second-order valence-electron chi connectivity index (χ2n) is 5.42. The Balaban J connectivity index is 1.87. The van der Waals surface area contributed by atoms with Crippen molar-refractivity contribution in [2.45, 2.75) is 13.5 Å². The van der Waals surface area contributed by atoms with Crippen LogP contribution >= 0.6 is 0 Å². The van der Waals surface area contributed by atoms with Crippen LogP contribution in [0, 0.1) is 6.92 Å². The second-order valence-corrected chi connectivity index (χ2v) is 5.42. The zero-order chi connectivity index (χ0) is 17.8. The molecule has 0 fully saturated rings. The summed E-state index contributed by atoms with van der Waals surface area (Å²) in [6.45, 7) is -1.01. The van der Waals surface area contributed by atoms with Gasteiger partial charge < -0.3 is 14.6 Å². The van der Waals surface area contributed by atoms with Crippen molar-refractivity contribution >= 4 is 11.6 Å². The van der Waals surface area contributed by atoms with E-state index in [0.29, 0.717) is 5.56 Å². The van der Waals surface area contributed by atoms with E-state index in [0.717, 1.165) is 11.3 Å². The van der Waals surface area contributed by atoms with E-state index in [1.807, 2.05) is 42.1 Å². The molecule has 0 radical (unpaired) electrons. The van der Waals surface area contributed by atoms with Gasteiger partial charge in [0.05, 0.1) is 5.69 Å². The number of nitrogens with one attached hydrogen (secondary N) is 1. The van der Waals surface area contributed by atoms with Crippen molar-refractivity contribution in [1.82, 2.24) is 4.57 Å². The van der Waals surface area contributed by atoms with Gasteiger partial charge in [0.1, 0.15) is 5.75 Å². The summed E-state index contributed by atoms with van der Waals surface area (Å²) in [7, 11) is 0. The molecule has 1 N–H and O–H groups in total. The Hall–Kier alpha value is -3.15. The van der Waals surface area contributed by atoms with Crippen molar-refractivity contribution in [2.75, 3.05) is 5.32 Å². The molecular formula is C19H16F2N2O2. The van der Waals surface area contributed by atoms with Gasteiger partial charge in [0.2, 0.25) is 0 Å². The Bertz CT molecular complexity index is 877. The molecule has 0 atom stereocenters. The first-order valence-electron chi connectivity index (χ1n) is 7.64. The average Bonchev–Trinajstić information content (AvgIpc) is 3.11. The molecule has 1 amide bonds. The molecule has 0 aliphatic carbocycles. The van der Waals surface area contributed by atoms with Gasteiger partial charge in [-0.3, -0.25) is 4.79 Å². The van der Waals surface area contributed by atoms with E-state index in [1.54, 1.807) is 24.3 Å². The summed E-state index contributed by atoms with van der Waals surface area (Å²) in [4.78, 5) is 12.5. The quantitative estimate of drug-likeness (QED) is 0.734. The highest BCUT2D eigenvalue weighted by atomic mass is 19.3. The number of carbonyl (C=O) groups is 1. The number of benzene rings is 2. The van der Waals surface area contributed by atoms with E-state index >= 15 is 0 Å². The van der Waals surface area contributed by atoms with Crippen molar-refractivity contribution in [3.05, 3.63) is 78.1 Å².